The van der Waals surface area contributed by atoms with Gasteiger partial charge in [-0.2, -0.15) is 0 Å². The van der Waals surface area contributed by atoms with E-state index in [1.54, 1.807) is 0 Å². The van der Waals surface area contributed by atoms with E-state index in [0.29, 0.717) is 31.9 Å². The largest absolute Gasteiger partial charge is 0.371 e. The number of nitrogens with one attached hydrogen (secondary N) is 2. The number of carbonyl (C=O) groups excluding carboxylic acids is 1. The third-order valence-electron chi connectivity index (χ3n) is 6.07. The van der Waals surface area contributed by atoms with Gasteiger partial charge in [0.1, 0.15) is 8.15 Å². The number of ether oxygens (including phenoxy) is 2. The summed E-state index contributed by atoms with van der Waals surface area (Å²) in [5.41, 5.74) is 5.14. The molecule has 3 N–H and O–H groups in total. The highest BCUT2D eigenvalue weighted by Gasteiger charge is 2.47. The molecule has 0 saturated carbocycles. The van der Waals surface area contributed by atoms with Crippen LogP contribution in [0, 0.1) is 20.8 Å². The fourth-order valence-electron chi connectivity index (χ4n) is 4.57. The van der Waals surface area contributed by atoms with Gasteiger partial charge in [-0.3, -0.25) is 4.79 Å². The van der Waals surface area contributed by atoms with Gasteiger partial charge in [0.15, 0.2) is 5.34 Å². The number of aryl methyl sites for hydroxylation is 3. The molecule has 2 aromatic carbocycles. The second kappa shape index (κ2) is 9.45. The van der Waals surface area contributed by atoms with Crippen molar-refractivity contribution in [3.8, 4) is 0 Å². The summed E-state index contributed by atoms with van der Waals surface area (Å²) >= 11 is 0. The Hall–Kier alpha value is -1.66. The molecule has 0 bridgehead atoms. The fourth-order valence-corrected chi connectivity index (χ4v) is 6.33. The average Bonchev–Trinajstić information content (AvgIpc) is 2.79. The van der Waals surface area contributed by atoms with E-state index in [1.165, 1.54) is 0 Å². The summed E-state index contributed by atoms with van der Waals surface area (Å²) in [4.78, 5) is 25.0. The lowest BCUT2D eigenvalue weighted by molar-refractivity contribution is -0.0111. The second-order valence-electron chi connectivity index (χ2n) is 8.39. The first-order chi connectivity index (χ1) is 14.9. The summed E-state index contributed by atoms with van der Waals surface area (Å²) in [6, 6.07) is 11.9. The summed E-state index contributed by atoms with van der Waals surface area (Å²) in [5.74, 6) is 0. The smallest absolute Gasteiger partial charge is 0.215 e. The molecule has 2 aliphatic rings. The molecule has 0 aliphatic carbocycles. The molecule has 166 valence electrons. The van der Waals surface area contributed by atoms with Crippen LogP contribution in [-0.2, 0) is 14.8 Å². The van der Waals surface area contributed by atoms with Gasteiger partial charge in [-0.25, -0.2) is 0 Å². The topological polar surface area (TPSA) is 79.8 Å². The Balaban J connectivity index is 1.67. The molecule has 0 amide bonds. The van der Waals surface area contributed by atoms with Gasteiger partial charge < -0.3 is 25.0 Å². The maximum Gasteiger partial charge on any atom is 0.215 e. The molecule has 6 nitrogen and oxygen atoms in total. The van der Waals surface area contributed by atoms with Crippen molar-refractivity contribution in [1.82, 2.24) is 10.6 Å². The second-order valence-corrected chi connectivity index (χ2v) is 10.1. The summed E-state index contributed by atoms with van der Waals surface area (Å²) in [6.07, 6.45) is 0.0132. The van der Waals surface area contributed by atoms with E-state index in [2.05, 4.69) is 10.6 Å². The SMILES string of the molecule is Cc1cc(C)c(C(=O)P(O)C2(c3ccc(C4CNCCO4)cc3)CNCCO2)c(C)c1. The van der Waals surface area contributed by atoms with E-state index in [9.17, 15) is 9.69 Å². The van der Waals surface area contributed by atoms with Crippen LogP contribution in [0.25, 0.3) is 0 Å². The minimum atomic E-state index is -2.13. The Morgan fingerprint density at radius 2 is 1.74 bits per heavy atom. The lowest BCUT2D eigenvalue weighted by Crippen LogP contribution is -2.47. The van der Waals surface area contributed by atoms with E-state index in [4.69, 9.17) is 9.47 Å². The normalized spacial score (nSPS) is 25.2. The van der Waals surface area contributed by atoms with Crippen molar-refractivity contribution in [3.05, 3.63) is 69.8 Å². The molecule has 31 heavy (non-hydrogen) atoms. The monoisotopic (exact) mass is 442 g/mol. The van der Waals surface area contributed by atoms with Gasteiger partial charge in [0, 0.05) is 31.7 Å². The Morgan fingerprint density at radius 3 is 2.32 bits per heavy atom. The number of carbonyl (C=O) groups is 1. The maximum absolute atomic E-state index is 13.5. The number of rotatable bonds is 5. The van der Waals surface area contributed by atoms with E-state index < -0.39 is 13.5 Å². The molecule has 0 radical (unpaired) electrons. The maximum atomic E-state index is 13.5. The fraction of sp³-hybridized carbons (Fsp3) is 0.458. The molecule has 3 unspecified atom stereocenters. The Morgan fingerprint density at radius 1 is 1.06 bits per heavy atom. The van der Waals surface area contributed by atoms with E-state index in [-0.39, 0.29) is 11.6 Å². The van der Waals surface area contributed by atoms with Crippen molar-refractivity contribution < 1.29 is 19.2 Å². The highest BCUT2D eigenvalue weighted by molar-refractivity contribution is 7.71. The highest BCUT2D eigenvalue weighted by Crippen LogP contribution is 2.56. The van der Waals surface area contributed by atoms with Crippen molar-refractivity contribution in [1.29, 1.82) is 0 Å². The minimum Gasteiger partial charge on any atom is -0.371 e. The third kappa shape index (κ3) is 4.47. The number of benzene rings is 2. The predicted molar refractivity (Wildman–Crippen MR) is 123 cm³/mol. The van der Waals surface area contributed by atoms with Gasteiger partial charge in [-0.1, -0.05) is 42.0 Å². The average molecular weight is 442 g/mol. The first kappa shape index (κ1) is 22.5. The summed E-state index contributed by atoms with van der Waals surface area (Å²) in [6.45, 7) is 9.73. The van der Waals surface area contributed by atoms with E-state index >= 15 is 0 Å². The van der Waals surface area contributed by atoms with Crippen LogP contribution in [0.3, 0.4) is 0 Å². The van der Waals surface area contributed by atoms with E-state index in [0.717, 1.165) is 40.9 Å². The molecule has 2 saturated heterocycles. The lowest BCUT2D eigenvalue weighted by Gasteiger charge is -2.40. The standard InChI is InChI=1S/C24H31N2O4P/c1-16-12-17(2)22(18(3)13-16)23(27)31(28)24(15-26-9-11-30-24)20-6-4-19(5-7-20)21-14-25-8-10-29-21/h4-7,12-13,21,25-26,28H,8-11,14-15H2,1-3H3. The third-order valence-corrected chi connectivity index (χ3v) is 7.91. The van der Waals surface area contributed by atoms with Crippen LogP contribution in [0.5, 0.6) is 0 Å². The molecule has 2 heterocycles. The van der Waals surface area contributed by atoms with Crippen molar-refractivity contribution in [2.75, 3.05) is 39.4 Å². The molecule has 7 heteroatoms. The lowest BCUT2D eigenvalue weighted by atomic mass is 10.0. The molecule has 2 aromatic rings. The zero-order chi connectivity index (χ0) is 22.0. The van der Waals surface area contributed by atoms with Gasteiger partial charge in [0.05, 0.1) is 19.3 Å². The summed E-state index contributed by atoms with van der Waals surface area (Å²) in [5, 5.41) is 5.59. The Bertz CT molecular complexity index is 912. The van der Waals surface area contributed by atoms with Gasteiger partial charge in [-0.05, 0) is 43.0 Å². The van der Waals surface area contributed by atoms with E-state index in [1.807, 2.05) is 57.2 Å². The summed E-state index contributed by atoms with van der Waals surface area (Å²) < 4.78 is 12.0. The van der Waals surface area contributed by atoms with Crippen molar-refractivity contribution in [2.45, 2.75) is 32.2 Å². The highest BCUT2D eigenvalue weighted by atomic mass is 31.1. The quantitative estimate of drug-likeness (QED) is 0.617. The molecule has 2 aliphatic heterocycles. The number of morpholine rings is 2. The van der Waals surface area contributed by atoms with Crippen LogP contribution in [0.4, 0.5) is 0 Å². The first-order valence-corrected chi connectivity index (χ1v) is 12.1. The van der Waals surface area contributed by atoms with Crippen LogP contribution in [0.15, 0.2) is 36.4 Å². The van der Waals surface area contributed by atoms with Gasteiger partial charge in [-0.15, -0.1) is 0 Å². The molecule has 0 spiro atoms. The van der Waals surface area contributed by atoms with Crippen LogP contribution < -0.4 is 10.6 Å². The van der Waals surface area contributed by atoms with Crippen LogP contribution in [0.2, 0.25) is 0 Å². The zero-order valence-corrected chi connectivity index (χ0v) is 19.3. The van der Waals surface area contributed by atoms with Crippen LogP contribution in [0.1, 0.15) is 44.3 Å². The number of hydrogen-bond donors (Lipinski definition) is 3. The predicted octanol–water partition coefficient (Wildman–Crippen LogP) is 3.27. The molecule has 4 rings (SSSR count). The van der Waals surface area contributed by atoms with Gasteiger partial charge in [0.25, 0.3) is 0 Å². The molecule has 2 fully saturated rings. The Labute approximate surface area is 185 Å². The first-order valence-electron chi connectivity index (χ1n) is 10.8. The van der Waals surface area contributed by atoms with Gasteiger partial charge in [0.2, 0.25) is 5.52 Å². The zero-order valence-electron chi connectivity index (χ0n) is 18.4. The van der Waals surface area contributed by atoms with Crippen LogP contribution >= 0.6 is 8.15 Å². The van der Waals surface area contributed by atoms with Gasteiger partial charge >= 0.3 is 0 Å². The van der Waals surface area contributed by atoms with Crippen molar-refractivity contribution >= 4 is 13.7 Å². The molecule has 3 atom stereocenters. The molecular formula is C24H31N2O4P. The minimum absolute atomic E-state index is 0.0132. The van der Waals surface area contributed by atoms with Crippen molar-refractivity contribution in [3.63, 3.8) is 0 Å². The Kier molecular flexibility index (Phi) is 6.87. The van der Waals surface area contributed by atoms with Crippen molar-refractivity contribution in [2.24, 2.45) is 0 Å². The van der Waals surface area contributed by atoms with Crippen LogP contribution in [-0.4, -0.2) is 49.8 Å². The number of hydrogen-bond acceptors (Lipinski definition) is 6. The molecule has 0 aromatic heterocycles. The summed E-state index contributed by atoms with van der Waals surface area (Å²) in [7, 11) is -2.13. The molecular weight excluding hydrogens is 411 g/mol.